The molecule has 1 aliphatic heterocycles. The lowest BCUT2D eigenvalue weighted by Crippen LogP contribution is -2.30. The van der Waals surface area contributed by atoms with Gasteiger partial charge in [0.2, 0.25) is 5.88 Å². The molecule has 0 saturated heterocycles. The fraction of sp³-hybridized carbons (Fsp3) is 0.350. The first-order valence-corrected chi connectivity index (χ1v) is 9.58. The molecule has 2 N–H and O–H groups in total. The van der Waals surface area contributed by atoms with Gasteiger partial charge in [-0.2, -0.15) is 0 Å². The summed E-state index contributed by atoms with van der Waals surface area (Å²) in [6.45, 7) is 3.65. The van der Waals surface area contributed by atoms with Crippen molar-refractivity contribution >= 4 is 40.7 Å². The van der Waals surface area contributed by atoms with Crippen molar-refractivity contribution in [3.8, 4) is 5.88 Å². The Bertz CT molecular complexity index is 837. The molecule has 2 heterocycles. The van der Waals surface area contributed by atoms with Gasteiger partial charge in [0, 0.05) is 11.7 Å². The van der Waals surface area contributed by atoms with E-state index >= 15 is 0 Å². The molecule has 0 amide bonds. The maximum Gasteiger partial charge on any atom is 0.223 e. The van der Waals surface area contributed by atoms with E-state index in [1.807, 2.05) is 43.3 Å². The zero-order chi connectivity index (χ0) is 19.6. The molecule has 5 nitrogen and oxygen atoms in total. The third kappa shape index (κ3) is 4.06. The molecule has 0 aliphatic carbocycles. The van der Waals surface area contributed by atoms with Gasteiger partial charge in [0.1, 0.15) is 12.7 Å². The zero-order valence-corrected chi connectivity index (χ0v) is 16.7. The fourth-order valence-corrected chi connectivity index (χ4v) is 3.61. The van der Waals surface area contributed by atoms with Crippen LogP contribution in [-0.4, -0.2) is 40.6 Å². The zero-order valence-electron chi connectivity index (χ0n) is 15.2. The number of nitrogens with zero attached hydrogens (tertiary/aromatic N) is 2. The van der Waals surface area contributed by atoms with Crippen LogP contribution in [0.2, 0.25) is 10.0 Å². The highest BCUT2D eigenvalue weighted by molar-refractivity contribution is 6.39. The summed E-state index contributed by atoms with van der Waals surface area (Å²) in [5.74, 6) is 0.410. The molecule has 1 aromatic heterocycles. The number of aryl methyl sites for hydroxylation is 1. The molecule has 2 unspecified atom stereocenters. The van der Waals surface area contributed by atoms with Gasteiger partial charge in [0.15, 0.2) is 0 Å². The first kappa shape index (κ1) is 20.0. The first-order valence-electron chi connectivity index (χ1n) is 8.83. The average Bonchev–Trinajstić information content (AvgIpc) is 2.66. The van der Waals surface area contributed by atoms with E-state index in [1.54, 1.807) is 0 Å². The lowest BCUT2D eigenvalue weighted by molar-refractivity contribution is 0.0520. The van der Waals surface area contributed by atoms with E-state index in [1.165, 1.54) is 0 Å². The van der Waals surface area contributed by atoms with Gasteiger partial charge in [-0.3, -0.25) is 0 Å². The topological polar surface area (TPSA) is 65.8 Å². The summed E-state index contributed by atoms with van der Waals surface area (Å²) >= 11 is 12.9. The number of hydrogen-bond donors (Lipinski definition) is 2. The Labute approximate surface area is 168 Å². The third-order valence-electron chi connectivity index (χ3n) is 4.43. The van der Waals surface area contributed by atoms with Crippen LogP contribution in [0.3, 0.4) is 0 Å². The second-order valence-electron chi connectivity index (χ2n) is 6.39. The summed E-state index contributed by atoms with van der Waals surface area (Å²) in [6.07, 6.45) is 3.72. The smallest absolute Gasteiger partial charge is 0.223 e. The largest absolute Gasteiger partial charge is 0.474 e. The molecule has 2 aromatic rings. The van der Waals surface area contributed by atoms with Crippen molar-refractivity contribution in [2.45, 2.75) is 32.4 Å². The van der Waals surface area contributed by atoms with E-state index in [0.717, 1.165) is 22.6 Å². The van der Waals surface area contributed by atoms with Crippen LogP contribution >= 0.6 is 23.2 Å². The second-order valence-corrected chi connectivity index (χ2v) is 7.21. The van der Waals surface area contributed by atoms with Crippen LogP contribution < -0.4 is 9.64 Å². The fourth-order valence-electron chi connectivity index (χ4n) is 3.03. The van der Waals surface area contributed by atoms with E-state index in [9.17, 15) is 5.11 Å². The molecule has 27 heavy (non-hydrogen) atoms. The first-order chi connectivity index (χ1) is 13.0. The molecule has 7 heteroatoms. The monoisotopic (exact) mass is 408 g/mol. The summed E-state index contributed by atoms with van der Waals surface area (Å²) in [5, 5.41) is 19.8. The van der Waals surface area contributed by atoms with E-state index in [0.29, 0.717) is 22.3 Å². The van der Waals surface area contributed by atoms with Crippen LogP contribution in [0.1, 0.15) is 25.1 Å². The van der Waals surface area contributed by atoms with E-state index in [4.69, 9.17) is 33.0 Å². The summed E-state index contributed by atoms with van der Waals surface area (Å²) in [4.78, 5) is 6.62. The number of halogens is 2. The quantitative estimate of drug-likeness (QED) is 0.748. The number of hydrogen-bond acceptors (Lipinski definition) is 5. The Morgan fingerprint density at radius 2 is 2.00 bits per heavy atom. The molecule has 1 aliphatic rings. The van der Waals surface area contributed by atoms with Crippen molar-refractivity contribution < 1.29 is 14.9 Å². The molecule has 2 atom stereocenters. The molecule has 0 spiro atoms. The minimum Gasteiger partial charge on any atom is -0.474 e. The maximum absolute atomic E-state index is 9.63. The van der Waals surface area contributed by atoms with Gasteiger partial charge in [-0.1, -0.05) is 42.3 Å². The number of anilines is 2. The Morgan fingerprint density at radius 3 is 2.63 bits per heavy atom. The molecule has 0 bridgehead atoms. The van der Waals surface area contributed by atoms with Gasteiger partial charge in [-0.25, -0.2) is 4.98 Å². The van der Waals surface area contributed by atoms with Crippen molar-refractivity contribution in [1.82, 2.24) is 4.98 Å². The van der Waals surface area contributed by atoms with Gasteiger partial charge >= 0.3 is 0 Å². The number of para-hydroxylation sites is 1. The second kappa shape index (κ2) is 8.48. The number of ether oxygens (including phenoxy) is 1. The molecule has 0 radical (unpaired) electrons. The lowest BCUT2D eigenvalue weighted by Gasteiger charge is -2.35. The molecular formula is C20H22Cl2N2O3. The maximum atomic E-state index is 9.63. The SMILES string of the molecule is CCc1cc2c(c(OCC(O)CO)n1)C=CC(C)N2c1c(Cl)cccc1Cl. The Morgan fingerprint density at radius 1 is 1.30 bits per heavy atom. The van der Waals surface area contributed by atoms with Crippen LogP contribution in [0.25, 0.3) is 6.08 Å². The molecule has 3 rings (SSSR count). The summed E-state index contributed by atoms with van der Waals surface area (Å²) in [6, 6.07) is 7.46. The Balaban J connectivity index is 2.13. The van der Waals surface area contributed by atoms with Gasteiger partial charge in [-0.15, -0.1) is 0 Å². The molecule has 1 aromatic carbocycles. The normalized spacial score (nSPS) is 17.0. The average molecular weight is 409 g/mol. The van der Waals surface area contributed by atoms with Gasteiger partial charge in [-0.05, 0) is 37.6 Å². The number of rotatable bonds is 6. The van der Waals surface area contributed by atoms with E-state index < -0.39 is 6.10 Å². The summed E-state index contributed by atoms with van der Waals surface area (Å²) < 4.78 is 5.71. The Kier molecular flexibility index (Phi) is 6.27. The van der Waals surface area contributed by atoms with Crippen molar-refractivity contribution in [3.05, 3.63) is 51.6 Å². The number of aliphatic hydroxyl groups excluding tert-OH is 2. The minimum atomic E-state index is -0.964. The van der Waals surface area contributed by atoms with Gasteiger partial charge in [0.05, 0.1) is 33.6 Å². The number of aliphatic hydroxyl groups is 2. The predicted octanol–water partition coefficient (Wildman–Crippen LogP) is 4.24. The number of pyridine rings is 1. The number of fused-ring (bicyclic) bond motifs is 1. The lowest BCUT2D eigenvalue weighted by atomic mass is 10.0. The van der Waals surface area contributed by atoms with Crippen LogP contribution in [0.5, 0.6) is 5.88 Å². The minimum absolute atomic E-state index is 0.0258. The van der Waals surface area contributed by atoms with Crippen LogP contribution in [-0.2, 0) is 6.42 Å². The number of aromatic nitrogens is 1. The Hall–Kier alpha value is -1.79. The summed E-state index contributed by atoms with van der Waals surface area (Å²) in [7, 11) is 0. The van der Waals surface area contributed by atoms with Gasteiger partial charge in [0.25, 0.3) is 0 Å². The van der Waals surface area contributed by atoms with Gasteiger partial charge < -0.3 is 19.8 Å². The predicted molar refractivity (Wildman–Crippen MR) is 109 cm³/mol. The van der Waals surface area contributed by atoms with Crippen LogP contribution in [0.15, 0.2) is 30.3 Å². The van der Waals surface area contributed by atoms with Crippen molar-refractivity contribution in [1.29, 1.82) is 0 Å². The third-order valence-corrected chi connectivity index (χ3v) is 5.04. The molecule has 144 valence electrons. The summed E-state index contributed by atoms with van der Waals surface area (Å²) in [5.41, 5.74) is 3.25. The highest BCUT2D eigenvalue weighted by Crippen LogP contribution is 2.45. The van der Waals surface area contributed by atoms with E-state index in [-0.39, 0.29) is 19.3 Å². The standard InChI is InChI=1S/C20H22Cl2N2O3/c1-3-13-9-18-15(20(23-13)27-11-14(26)10-25)8-7-12(2)24(18)19-16(21)5-4-6-17(19)22/h4-9,12,14,25-26H,3,10-11H2,1-2H3. The molecule has 0 saturated carbocycles. The van der Waals surface area contributed by atoms with Crippen LogP contribution in [0.4, 0.5) is 11.4 Å². The highest BCUT2D eigenvalue weighted by Gasteiger charge is 2.28. The highest BCUT2D eigenvalue weighted by atomic mass is 35.5. The van der Waals surface area contributed by atoms with Crippen LogP contribution in [0, 0.1) is 0 Å². The molecule has 0 fully saturated rings. The van der Waals surface area contributed by atoms with Crippen molar-refractivity contribution in [2.24, 2.45) is 0 Å². The molecular weight excluding hydrogens is 387 g/mol. The van der Waals surface area contributed by atoms with Crippen molar-refractivity contribution in [2.75, 3.05) is 18.1 Å². The van der Waals surface area contributed by atoms with E-state index in [2.05, 4.69) is 16.8 Å². The number of benzene rings is 1. The van der Waals surface area contributed by atoms with Crippen molar-refractivity contribution in [3.63, 3.8) is 0 Å².